The lowest BCUT2D eigenvalue weighted by Crippen LogP contribution is -2.14. The summed E-state index contributed by atoms with van der Waals surface area (Å²) in [5, 5.41) is 6.96. The van der Waals surface area contributed by atoms with E-state index in [1.165, 1.54) is 0 Å². The lowest BCUT2D eigenvalue weighted by Gasteiger charge is -2.19. The Morgan fingerprint density at radius 1 is 0.222 bits per heavy atom. The number of aromatic nitrogens is 4. The zero-order valence-electron chi connectivity index (χ0n) is 48.5. The molecule has 0 unspecified atom stereocenters. The lowest BCUT2D eigenvalue weighted by molar-refractivity contribution is 1.19. The number of rotatable bonds is 9. The third-order valence-corrected chi connectivity index (χ3v) is 18.4. The highest BCUT2D eigenvalue weighted by atomic mass is 16.1. The summed E-state index contributed by atoms with van der Waals surface area (Å²) < 4.78 is 3.74. The molecule has 14 aromatic carbocycles. The minimum Gasteiger partial charge on any atom is -0.268 e. The van der Waals surface area contributed by atoms with Gasteiger partial charge in [0.1, 0.15) is 11.3 Å². The van der Waals surface area contributed by atoms with Crippen molar-refractivity contribution in [2.75, 3.05) is 0 Å². The van der Waals surface area contributed by atoms with Gasteiger partial charge in [0.25, 0.3) is 11.1 Å². The van der Waals surface area contributed by atoms with E-state index in [4.69, 9.17) is 9.97 Å². The van der Waals surface area contributed by atoms with Crippen LogP contribution in [-0.2, 0) is 0 Å². The van der Waals surface area contributed by atoms with E-state index in [9.17, 15) is 0 Å². The normalized spacial score (nSPS) is 11.9. The molecule has 6 heteroatoms. The van der Waals surface area contributed by atoms with Crippen molar-refractivity contribution in [1.29, 1.82) is 0 Å². The first-order valence-corrected chi connectivity index (χ1v) is 30.5. The minimum absolute atomic E-state index is 0.102. The van der Waals surface area contributed by atoms with E-state index in [-0.39, 0.29) is 11.1 Å². The van der Waals surface area contributed by atoms with Crippen LogP contribution in [0.25, 0.3) is 177 Å². The molecular formula is C84H50N4O2. The first-order valence-electron chi connectivity index (χ1n) is 30.5. The van der Waals surface area contributed by atoms with Crippen LogP contribution >= 0.6 is 0 Å². The van der Waals surface area contributed by atoms with Crippen LogP contribution in [0.3, 0.4) is 0 Å². The Balaban J connectivity index is 0.798. The smallest absolute Gasteiger partial charge is 0.264 e. The monoisotopic (exact) mass is 1150 g/mol. The maximum atomic E-state index is 15.5. The maximum Gasteiger partial charge on any atom is 0.264 e. The van der Waals surface area contributed by atoms with Crippen LogP contribution < -0.4 is 11.1 Å². The first-order chi connectivity index (χ1) is 44.5. The summed E-state index contributed by atoms with van der Waals surface area (Å²) in [6, 6.07) is 105. The van der Waals surface area contributed by atoms with Crippen molar-refractivity contribution in [2.24, 2.45) is 0 Å². The summed E-state index contributed by atoms with van der Waals surface area (Å²) in [6.07, 6.45) is 0. The quantitative estimate of drug-likeness (QED) is 0.144. The van der Waals surface area contributed by atoms with Crippen LogP contribution in [0.4, 0.5) is 0 Å². The van der Waals surface area contributed by atoms with Gasteiger partial charge in [-0.2, -0.15) is 0 Å². The fourth-order valence-electron chi connectivity index (χ4n) is 14.5. The molecule has 0 aliphatic rings. The predicted molar refractivity (Wildman–Crippen MR) is 373 cm³/mol. The average Bonchev–Trinajstić information content (AvgIpc) is 1.49. The number of hydrogen-bond donors (Lipinski definition) is 0. The standard InChI is InChI=1S/C84H50N4O2/c89-83-67-39-21-37-63-61(52-22-7-1-8-23-52)44-46-66(78(63)67)82-86-72-50-70(54-26-11-3-12-27-54)74(76(80(72)88(82)83)58-32-17-6-18-33-58)60-35-19-34-59(48-60)51-40-42-55(43-41-51)62-45-47-68-77-64(62)36-20-38-65(77)81-85-71-49-69(53-24-9-2-10-25-53)73(56-28-13-4-14-29-56)75(57-30-15-5-16-31-57)79(71)87(81)84(68)90/h1-50H. The zero-order chi connectivity index (χ0) is 59.6. The van der Waals surface area contributed by atoms with Crippen molar-refractivity contribution in [3.05, 3.63) is 324 Å². The van der Waals surface area contributed by atoms with Crippen molar-refractivity contribution >= 4 is 76.5 Å². The number of benzene rings is 14. The molecule has 0 amide bonds. The first kappa shape index (κ1) is 51.1. The van der Waals surface area contributed by atoms with Gasteiger partial charge in [0.05, 0.1) is 22.1 Å². The SMILES string of the molecule is O=c1c2ccc(-c3ccc(-c4cccc(-c5c(-c6ccccc6)cc6nc7c8ccc(-c9ccccc9)c9cccc(c(=O)n7c6c5-c5ccccc5)c98)c4)cc3)c3cccc(c32)c2nc3cc(-c4ccccc4)c(-c4ccccc4)c(-c4ccccc4)c3n12. The average molecular weight is 1150 g/mol. The van der Waals surface area contributed by atoms with Crippen molar-refractivity contribution in [3.8, 4) is 100 Å². The van der Waals surface area contributed by atoms with E-state index in [1.807, 2.05) is 63.4 Å². The summed E-state index contributed by atoms with van der Waals surface area (Å²) in [7, 11) is 0. The molecule has 0 saturated heterocycles. The van der Waals surface area contributed by atoms with E-state index in [0.717, 1.165) is 155 Å². The van der Waals surface area contributed by atoms with E-state index in [1.54, 1.807) is 0 Å². The largest absolute Gasteiger partial charge is 0.268 e. The molecule has 18 rings (SSSR count). The Morgan fingerprint density at radius 3 is 1.02 bits per heavy atom. The Labute approximate surface area is 516 Å². The summed E-state index contributed by atoms with van der Waals surface area (Å²) in [6.45, 7) is 0. The van der Waals surface area contributed by atoms with E-state index >= 15 is 9.59 Å². The highest BCUT2D eigenvalue weighted by molar-refractivity contribution is 6.22. The van der Waals surface area contributed by atoms with Gasteiger partial charge in [0, 0.05) is 43.4 Å². The molecule has 0 fully saturated rings. The van der Waals surface area contributed by atoms with Gasteiger partial charge < -0.3 is 0 Å². The molecule has 0 spiro atoms. The number of nitrogens with zero attached hydrogens (tertiary/aromatic N) is 4. The topological polar surface area (TPSA) is 68.7 Å². The van der Waals surface area contributed by atoms with Crippen LogP contribution in [0.2, 0.25) is 0 Å². The molecule has 18 aromatic rings. The lowest BCUT2D eigenvalue weighted by atomic mass is 9.85. The van der Waals surface area contributed by atoms with Crippen LogP contribution in [0.1, 0.15) is 0 Å². The molecule has 0 aliphatic heterocycles. The molecule has 4 heterocycles. The molecule has 0 radical (unpaired) electrons. The summed E-state index contributed by atoms with van der Waals surface area (Å²) in [5.74, 6) is 0. The Bertz CT molecular complexity index is 6010. The molecule has 90 heavy (non-hydrogen) atoms. The van der Waals surface area contributed by atoms with Gasteiger partial charge in [-0.3, -0.25) is 18.4 Å². The van der Waals surface area contributed by atoms with Crippen LogP contribution in [-0.4, -0.2) is 18.8 Å². The molecule has 6 nitrogen and oxygen atoms in total. The predicted octanol–water partition coefficient (Wildman–Crippen LogP) is 20.5. The maximum absolute atomic E-state index is 15.5. The Kier molecular flexibility index (Phi) is 11.5. The summed E-state index contributed by atoms with van der Waals surface area (Å²) in [5.41, 5.74) is 22.6. The van der Waals surface area contributed by atoms with Crippen molar-refractivity contribution < 1.29 is 0 Å². The zero-order valence-corrected chi connectivity index (χ0v) is 48.5. The second-order valence-corrected chi connectivity index (χ2v) is 23.4. The molecule has 0 atom stereocenters. The van der Waals surface area contributed by atoms with Gasteiger partial charge in [-0.05, 0) is 136 Å². The second kappa shape index (κ2) is 20.2. The van der Waals surface area contributed by atoms with Crippen molar-refractivity contribution in [1.82, 2.24) is 18.8 Å². The highest BCUT2D eigenvalue weighted by Gasteiger charge is 2.28. The molecule has 0 bridgehead atoms. The number of imidazole rings is 2. The molecule has 0 aliphatic carbocycles. The molecule has 418 valence electrons. The second-order valence-electron chi connectivity index (χ2n) is 23.4. The Hall–Kier alpha value is -12.1. The van der Waals surface area contributed by atoms with Gasteiger partial charge in [-0.25, -0.2) is 9.97 Å². The summed E-state index contributed by atoms with van der Waals surface area (Å²) >= 11 is 0. The van der Waals surface area contributed by atoms with Crippen LogP contribution in [0.15, 0.2) is 313 Å². The van der Waals surface area contributed by atoms with Gasteiger partial charge in [-0.15, -0.1) is 0 Å². The number of fused-ring (bicyclic) bond motifs is 8. The van der Waals surface area contributed by atoms with E-state index < -0.39 is 0 Å². The van der Waals surface area contributed by atoms with Gasteiger partial charge in [-0.1, -0.05) is 267 Å². The number of pyridine rings is 2. The van der Waals surface area contributed by atoms with Gasteiger partial charge in [0.2, 0.25) is 0 Å². The number of hydrogen-bond acceptors (Lipinski definition) is 4. The third-order valence-electron chi connectivity index (χ3n) is 18.4. The fourth-order valence-corrected chi connectivity index (χ4v) is 14.5. The van der Waals surface area contributed by atoms with Crippen molar-refractivity contribution in [2.45, 2.75) is 0 Å². The fraction of sp³-hybridized carbons (Fsp3) is 0. The van der Waals surface area contributed by atoms with Crippen LogP contribution in [0.5, 0.6) is 0 Å². The van der Waals surface area contributed by atoms with Gasteiger partial charge in [0.15, 0.2) is 0 Å². The van der Waals surface area contributed by atoms with Crippen LogP contribution in [0, 0.1) is 0 Å². The third kappa shape index (κ3) is 7.78. The highest BCUT2D eigenvalue weighted by Crippen LogP contribution is 2.49. The summed E-state index contributed by atoms with van der Waals surface area (Å²) in [4.78, 5) is 41.9. The molecular weight excluding hydrogens is 1100 g/mol. The molecule has 0 N–H and O–H groups in total. The minimum atomic E-state index is -0.105. The van der Waals surface area contributed by atoms with Gasteiger partial charge >= 0.3 is 0 Å². The van der Waals surface area contributed by atoms with E-state index in [0.29, 0.717) is 22.1 Å². The Morgan fingerprint density at radius 2 is 0.544 bits per heavy atom. The molecule has 0 saturated carbocycles. The molecule has 4 aromatic heterocycles. The van der Waals surface area contributed by atoms with E-state index in [2.05, 4.69) is 249 Å². The van der Waals surface area contributed by atoms with Crippen molar-refractivity contribution in [3.63, 3.8) is 0 Å².